The fourth-order valence-corrected chi connectivity index (χ4v) is 4.56. The van der Waals surface area contributed by atoms with Crippen LogP contribution in [-0.2, 0) is 4.79 Å². The number of aliphatic carboxylic acids is 1. The van der Waals surface area contributed by atoms with Crippen LogP contribution in [0, 0.1) is 17.8 Å². The van der Waals surface area contributed by atoms with E-state index in [0.717, 1.165) is 31.1 Å². The van der Waals surface area contributed by atoms with Gasteiger partial charge in [0.2, 0.25) is 0 Å². The maximum absolute atomic E-state index is 11.5. The third-order valence-corrected chi connectivity index (χ3v) is 5.52. The Morgan fingerprint density at radius 3 is 2.22 bits per heavy atom. The molecule has 0 bridgehead atoms. The van der Waals surface area contributed by atoms with Crippen molar-refractivity contribution in [2.24, 2.45) is 17.8 Å². The Balaban J connectivity index is 1.70. The van der Waals surface area contributed by atoms with Gasteiger partial charge in [0.1, 0.15) is 0 Å². The van der Waals surface area contributed by atoms with Crippen LogP contribution in [0.5, 0.6) is 0 Å². The van der Waals surface area contributed by atoms with Crippen molar-refractivity contribution >= 4 is 5.97 Å². The van der Waals surface area contributed by atoms with Crippen LogP contribution in [0.15, 0.2) is 0 Å². The van der Waals surface area contributed by atoms with E-state index in [-0.39, 0.29) is 5.92 Å². The molecule has 2 saturated carbocycles. The summed E-state index contributed by atoms with van der Waals surface area (Å²) in [6, 6.07) is 0.329. The highest BCUT2D eigenvalue weighted by Gasteiger charge is 2.42. The van der Waals surface area contributed by atoms with Crippen LogP contribution in [0.25, 0.3) is 0 Å². The van der Waals surface area contributed by atoms with Gasteiger partial charge in [-0.15, -0.1) is 0 Å². The molecule has 4 atom stereocenters. The van der Waals surface area contributed by atoms with Crippen molar-refractivity contribution in [3.05, 3.63) is 0 Å². The molecule has 3 aliphatic rings. The molecule has 0 aromatic carbocycles. The number of hydrogen-bond donors (Lipinski definition) is 1. The standard InChI is InChI=1S/C15H25NO2/c17-15(18)13-7-2-1-3-8-14(13)16-9-11-5-4-6-12(11)10-16/h11-14H,1-10H2,(H,17,18). The molecule has 102 valence electrons. The van der Waals surface area contributed by atoms with Gasteiger partial charge in [0.15, 0.2) is 0 Å². The Hall–Kier alpha value is -0.570. The van der Waals surface area contributed by atoms with Gasteiger partial charge >= 0.3 is 5.97 Å². The number of fused-ring (bicyclic) bond motifs is 1. The monoisotopic (exact) mass is 251 g/mol. The lowest BCUT2D eigenvalue weighted by atomic mass is 9.93. The molecule has 1 N–H and O–H groups in total. The van der Waals surface area contributed by atoms with Crippen molar-refractivity contribution in [3.8, 4) is 0 Å². The lowest BCUT2D eigenvalue weighted by Gasteiger charge is -2.31. The van der Waals surface area contributed by atoms with E-state index >= 15 is 0 Å². The summed E-state index contributed by atoms with van der Waals surface area (Å²) < 4.78 is 0. The zero-order chi connectivity index (χ0) is 12.5. The number of nitrogens with zero attached hydrogens (tertiary/aromatic N) is 1. The summed E-state index contributed by atoms with van der Waals surface area (Å²) >= 11 is 0. The molecule has 2 aliphatic carbocycles. The van der Waals surface area contributed by atoms with Crippen LogP contribution in [0.4, 0.5) is 0 Å². The molecular weight excluding hydrogens is 226 g/mol. The minimum absolute atomic E-state index is 0.105. The van der Waals surface area contributed by atoms with Crippen molar-refractivity contribution in [2.75, 3.05) is 13.1 Å². The van der Waals surface area contributed by atoms with E-state index in [9.17, 15) is 9.90 Å². The first kappa shape index (κ1) is 12.5. The van der Waals surface area contributed by atoms with Crippen LogP contribution < -0.4 is 0 Å². The average Bonchev–Trinajstić information content (AvgIpc) is 2.81. The lowest BCUT2D eigenvalue weighted by molar-refractivity contribution is -0.144. The first-order valence-corrected chi connectivity index (χ1v) is 7.72. The van der Waals surface area contributed by atoms with E-state index in [1.54, 1.807) is 0 Å². The maximum Gasteiger partial charge on any atom is 0.308 e. The molecule has 4 unspecified atom stereocenters. The molecule has 3 fully saturated rings. The van der Waals surface area contributed by atoms with Crippen molar-refractivity contribution in [3.63, 3.8) is 0 Å². The minimum Gasteiger partial charge on any atom is -0.481 e. The number of carbonyl (C=O) groups is 1. The van der Waals surface area contributed by atoms with Gasteiger partial charge < -0.3 is 5.11 Å². The molecule has 0 aromatic heterocycles. The molecule has 1 aliphatic heterocycles. The number of rotatable bonds is 2. The van der Waals surface area contributed by atoms with E-state index in [4.69, 9.17) is 0 Å². The summed E-state index contributed by atoms with van der Waals surface area (Å²) in [5.41, 5.74) is 0. The van der Waals surface area contributed by atoms with Gasteiger partial charge in [-0.2, -0.15) is 0 Å². The van der Waals surface area contributed by atoms with Crippen molar-refractivity contribution in [1.82, 2.24) is 4.90 Å². The molecule has 3 nitrogen and oxygen atoms in total. The Kier molecular flexibility index (Phi) is 3.60. The van der Waals surface area contributed by atoms with Crippen LogP contribution >= 0.6 is 0 Å². The molecule has 0 spiro atoms. The molecule has 1 heterocycles. The van der Waals surface area contributed by atoms with Crippen LogP contribution in [0.1, 0.15) is 51.4 Å². The first-order valence-electron chi connectivity index (χ1n) is 7.72. The quantitative estimate of drug-likeness (QED) is 0.767. The molecule has 0 radical (unpaired) electrons. The summed E-state index contributed by atoms with van der Waals surface area (Å²) in [4.78, 5) is 14.0. The van der Waals surface area contributed by atoms with E-state index < -0.39 is 5.97 Å². The van der Waals surface area contributed by atoms with Crippen molar-refractivity contribution in [1.29, 1.82) is 0 Å². The second-order valence-corrected chi connectivity index (χ2v) is 6.56. The van der Waals surface area contributed by atoms with Crippen molar-refractivity contribution < 1.29 is 9.90 Å². The predicted molar refractivity (Wildman–Crippen MR) is 70.4 cm³/mol. The molecular formula is C15H25NO2. The van der Waals surface area contributed by atoms with Gasteiger partial charge in [-0.1, -0.05) is 25.7 Å². The van der Waals surface area contributed by atoms with Crippen LogP contribution in [-0.4, -0.2) is 35.1 Å². The van der Waals surface area contributed by atoms with Crippen LogP contribution in [0.2, 0.25) is 0 Å². The Labute approximate surface area is 110 Å². The van der Waals surface area contributed by atoms with Gasteiger partial charge in [0.25, 0.3) is 0 Å². The van der Waals surface area contributed by atoms with Gasteiger partial charge in [-0.3, -0.25) is 9.69 Å². The van der Waals surface area contributed by atoms with E-state index in [2.05, 4.69) is 4.90 Å². The minimum atomic E-state index is -0.557. The fourth-order valence-electron chi connectivity index (χ4n) is 4.56. The van der Waals surface area contributed by atoms with Crippen molar-refractivity contribution in [2.45, 2.75) is 57.4 Å². The van der Waals surface area contributed by atoms with E-state index in [1.807, 2.05) is 0 Å². The molecule has 3 heteroatoms. The molecule has 18 heavy (non-hydrogen) atoms. The fraction of sp³-hybridized carbons (Fsp3) is 0.933. The molecule has 3 rings (SSSR count). The summed E-state index contributed by atoms with van der Waals surface area (Å²) in [5, 5.41) is 9.47. The zero-order valence-corrected chi connectivity index (χ0v) is 11.2. The number of hydrogen-bond acceptors (Lipinski definition) is 2. The summed E-state index contributed by atoms with van der Waals surface area (Å²) in [6.07, 6.45) is 9.71. The highest BCUT2D eigenvalue weighted by molar-refractivity contribution is 5.71. The largest absolute Gasteiger partial charge is 0.481 e. The highest BCUT2D eigenvalue weighted by Crippen LogP contribution is 2.41. The Morgan fingerprint density at radius 2 is 1.56 bits per heavy atom. The second kappa shape index (κ2) is 5.20. The van der Waals surface area contributed by atoms with Gasteiger partial charge in [0.05, 0.1) is 5.92 Å². The van der Waals surface area contributed by atoms with E-state index in [0.29, 0.717) is 6.04 Å². The first-order chi connectivity index (χ1) is 8.75. The smallest absolute Gasteiger partial charge is 0.308 e. The molecule has 0 aromatic rings. The van der Waals surface area contributed by atoms with E-state index in [1.165, 1.54) is 45.2 Å². The van der Waals surface area contributed by atoms with Gasteiger partial charge in [0, 0.05) is 19.1 Å². The summed E-state index contributed by atoms with van der Waals surface area (Å²) in [6.45, 7) is 2.36. The second-order valence-electron chi connectivity index (χ2n) is 6.56. The molecule has 0 amide bonds. The predicted octanol–water partition coefficient (Wildman–Crippen LogP) is 2.75. The third kappa shape index (κ3) is 2.29. The van der Waals surface area contributed by atoms with Gasteiger partial charge in [-0.25, -0.2) is 0 Å². The maximum atomic E-state index is 11.5. The Morgan fingerprint density at radius 1 is 0.889 bits per heavy atom. The summed E-state index contributed by atoms with van der Waals surface area (Å²) in [7, 11) is 0. The normalized spacial score (nSPS) is 41.6. The Bertz CT molecular complexity index is 306. The topological polar surface area (TPSA) is 40.5 Å². The average molecular weight is 251 g/mol. The zero-order valence-electron chi connectivity index (χ0n) is 11.2. The number of carboxylic acids is 1. The molecule has 1 saturated heterocycles. The SMILES string of the molecule is O=C(O)C1CCCCCC1N1CC2CCCC2C1. The summed E-state index contributed by atoms with van der Waals surface area (Å²) in [5.74, 6) is 1.09. The van der Waals surface area contributed by atoms with Gasteiger partial charge in [-0.05, 0) is 37.5 Å². The highest BCUT2D eigenvalue weighted by atomic mass is 16.4. The number of likely N-dealkylation sites (tertiary alicyclic amines) is 1. The van der Waals surface area contributed by atoms with Crippen LogP contribution in [0.3, 0.4) is 0 Å². The lowest BCUT2D eigenvalue weighted by Crippen LogP contribution is -2.42. The third-order valence-electron chi connectivity index (χ3n) is 5.52. The number of carboxylic acid groups (broad SMARTS) is 1.